The quantitative estimate of drug-likeness (QED) is 0.665. The van der Waals surface area contributed by atoms with Gasteiger partial charge in [-0.15, -0.1) is 0 Å². The van der Waals surface area contributed by atoms with Gasteiger partial charge in [-0.3, -0.25) is 4.79 Å². The summed E-state index contributed by atoms with van der Waals surface area (Å²) in [6, 6.07) is 0. The Morgan fingerprint density at radius 2 is 1.40 bits per heavy atom. The normalized spacial score (nSPS) is 12.2. The summed E-state index contributed by atoms with van der Waals surface area (Å²) >= 11 is 0. The zero-order valence-electron chi connectivity index (χ0n) is 14.5. The second kappa shape index (κ2) is 9.38. The Morgan fingerprint density at radius 3 is 1.65 bits per heavy atom. The molecule has 0 aromatic carbocycles. The van der Waals surface area contributed by atoms with E-state index in [1.807, 2.05) is 0 Å². The van der Waals surface area contributed by atoms with Crippen molar-refractivity contribution in [2.75, 3.05) is 19.6 Å². The molecule has 120 valence electrons. The van der Waals surface area contributed by atoms with Crippen molar-refractivity contribution >= 4 is 5.91 Å². The summed E-state index contributed by atoms with van der Waals surface area (Å²) in [6.45, 7) is 15.1. The predicted octanol–water partition coefficient (Wildman–Crippen LogP) is 3.67. The Balaban J connectivity index is 5.20. The summed E-state index contributed by atoms with van der Waals surface area (Å²) < 4.78 is 0. The van der Waals surface area contributed by atoms with Gasteiger partial charge in [0.2, 0.25) is 5.91 Å². The lowest BCUT2D eigenvalue weighted by Gasteiger charge is -2.38. The second-order valence-electron chi connectivity index (χ2n) is 6.98. The van der Waals surface area contributed by atoms with Gasteiger partial charge in [0, 0.05) is 19.6 Å². The third kappa shape index (κ3) is 5.82. The van der Waals surface area contributed by atoms with Crippen molar-refractivity contribution < 1.29 is 4.79 Å². The minimum atomic E-state index is -0.340. The molecule has 20 heavy (non-hydrogen) atoms. The van der Waals surface area contributed by atoms with E-state index in [1.54, 1.807) is 0 Å². The molecular formula is C17H36N2O. The van der Waals surface area contributed by atoms with Crippen molar-refractivity contribution in [3.05, 3.63) is 0 Å². The first-order valence-corrected chi connectivity index (χ1v) is 8.32. The van der Waals surface area contributed by atoms with Crippen molar-refractivity contribution in [1.82, 2.24) is 4.90 Å². The van der Waals surface area contributed by atoms with Crippen LogP contribution in [0.3, 0.4) is 0 Å². The number of nitrogens with two attached hydrogens (primary N) is 1. The highest BCUT2D eigenvalue weighted by Gasteiger charge is 2.38. The molecule has 0 spiro atoms. The van der Waals surface area contributed by atoms with Gasteiger partial charge >= 0.3 is 0 Å². The molecule has 0 aromatic rings. The minimum absolute atomic E-state index is 0.283. The number of carbonyl (C=O) groups excluding carboxylic acids is 1. The molecule has 0 fully saturated rings. The van der Waals surface area contributed by atoms with Crippen LogP contribution in [0.1, 0.15) is 67.2 Å². The van der Waals surface area contributed by atoms with E-state index in [-0.39, 0.29) is 11.3 Å². The van der Waals surface area contributed by atoms with Crippen LogP contribution in [0.2, 0.25) is 0 Å². The topological polar surface area (TPSA) is 46.3 Å². The third-order valence-electron chi connectivity index (χ3n) is 3.76. The lowest BCUT2D eigenvalue weighted by molar-refractivity contribution is -0.144. The molecule has 0 aliphatic carbocycles. The molecule has 0 unspecified atom stereocenters. The molecular weight excluding hydrogens is 248 g/mol. The number of amides is 1. The fourth-order valence-electron chi connectivity index (χ4n) is 3.04. The summed E-state index contributed by atoms with van der Waals surface area (Å²) in [5.74, 6) is 1.28. The first-order chi connectivity index (χ1) is 9.32. The Hall–Kier alpha value is -0.570. The van der Waals surface area contributed by atoms with Crippen LogP contribution in [0, 0.1) is 17.3 Å². The molecule has 0 aliphatic rings. The van der Waals surface area contributed by atoms with Crippen molar-refractivity contribution in [2.45, 2.75) is 67.2 Å². The van der Waals surface area contributed by atoms with Crippen molar-refractivity contribution in [3.8, 4) is 0 Å². The van der Waals surface area contributed by atoms with Gasteiger partial charge in [-0.05, 0) is 24.7 Å². The molecule has 0 bridgehead atoms. The fourth-order valence-corrected chi connectivity index (χ4v) is 3.04. The smallest absolute Gasteiger partial charge is 0.230 e. The number of rotatable bonds is 10. The number of hydrogen-bond acceptors (Lipinski definition) is 2. The van der Waals surface area contributed by atoms with Crippen LogP contribution >= 0.6 is 0 Å². The van der Waals surface area contributed by atoms with E-state index in [0.29, 0.717) is 18.4 Å². The average molecular weight is 284 g/mol. The Morgan fingerprint density at radius 1 is 1.00 bits per heavy atom. The highest BCUT2D eigenvalue weighted by atomic mass is 16.2. The lowest BCUT2D eigenvalue weighted by atomic mass is 9.77. The number of nitrogens with zero attached hydrogens (tertiary/aromatic N) is 1. The van der Waals surface area contributed by atoms with Gasteiger partial charge in [0.1, 0.15) is 0 Å². The first kappa shape index (κ1) is 19.4. The van der Waals surface area contributed by atoms with E-state index in [4.69, 9.17) is 5.73 Å². The van der Waals surface area contributed by atoms with E-state index in [2.05, 4.69) is 46.4 Å². The van der Waals surface area contributed by atoms with Gasteiger partial charge < -0.3 is 10.6 Å². The van der Waals surface area contributed by atoms with E-state index >= 15 is 0 Å². The molecule has 1 amide bonds. The van der Waals surface area contributed by atoms with Gasteiger partial charge in [-0.1, -0.05) is 54.4 Å². The van der Waals surface area contributed by atoms with E-state index < -0.39 is 0 Å². The zero-order valence-corrected chi connectivity index (χ0v) is 14.5. The lowest BCUT2D eigenvalue weighted by Crippen LogP contribution is -2.50. The van der Waals surface area contributed by atoms with Crippen LogP contribution < -0.4 is 5.73 Å². The molecule has 3 heteroatoms. The fraction of sp³-hybridized carbons (Fsp3) is 0.941. The van der Waals surface area contributed by atoms with Crippen LogP contribution in [0.5, 0.6) is 0 Å². The average Bonchev–Trinajstić information content (AvgIpc) is 2.35. The van der Waals surface area contributed by atoms with Gasteiger partial charge in [-0.25, -0.2) is 0 Å². The molecule has 3 nitrogen and oxygen atoms in total. The molecule has 0 atom stereocenters. The maximum atomic E-state index is 13.1. The Labute approximate surface area is 126 Å². The standard InChI is InChI=1S/C17H36N2O/c1-7-9-17(13-18,10-8-2)16(20)19(11-14(3)4)12-15(5)6/h14-15H,7-13,18H2,1-6H3. The third-order valence-corrected chi connectivity index (χ3v) is 3.76. The molecule has 0 saturated heterocycles. The van der Waals surface area contributed by atoms with Crippen LogP contribution in [0.4, 0.5) is 0 Å². The summed E-state index contributed by atoms with van der Waals surface area (Å²) in [4.78, 5) is 15.2. The molecule has 2 N–H and O–H groups in total. The minimum Gasteiger partial charge on any atom is -0.342 e. The zero-order chi connectivity index (χ0) is 15.8. The summed E-state index contributed by atoms with van der Waals surface area (Å²) in [5.41, 5.74) is 5.69. The van der Waals surface area contributed by atoms with Gasteiger partial charge in [0.15, 0.2) is 0 Å². The summed E-state index contributed by atoms with van der Waals surface area (Å²) in [6.07, 6.45) is 3.84. The SMILES string of the molecule is CCCC(CN)(CCC)C(=O)N(CC(C)C)CC(C)C. The highest BCUT2D eigenvalue weighted by Crippen LogP contribution is 2.32. The number of hydrogen-bond donors (Lipinski definition) is 1. The van der Waals surface area contributed by atoms with Crippen molar-refractivity contribution in [2.24, 2.45) is 23.0 Å². The van der Waals surface area contributed by atoms with Crippen molar-refractivity contribution in [1.29, 1.82) is 0 Å². The summed E-state index contributed by atoms with van der Waals surface area (Å²) in [7, 11) is 0. The monoisotopic (exact) mass is 284 g/mol. The number of carbonyl (C=O) groups is 1. The largest absolute Gasteiger partial charge is 0.342 e. The second-order valence-corrected chi connectivity index (χ2v) is 6.98. The first-order valence-electron chi connectivity index (χ1n) is 8.32. The molecule has 0 saturated carbocycles. The predicted molar refractivity (Wildman–Crippen MR) is 87.6 cm³/mol. The molecule has 0 aliphatic heterocycles. The molecule has 0 radical (unpaired) electrons. The Kier molecular flexibility index (Phi) is 9.11. The summed E-state index contributed by atoms with van der Waals surface area (Å²) in [5, 5.41) is 0. The van der Waals surface area contributed by atoms with Crippen LogP contribution in [0.25, 0.3) is 0 Å². The van der Waals surface area contributed by atoms with Gasteiger partial charge in [0.05, 0.1) is 5.41 Å². The molecule has 0 heterocycles. The maximum Gasteiger partial charge on any atom is 0.230 e. The Bertz CT molecular complexity index is 258. The highest BCUT2D eigenvalue weighted by molar-refractivity contribution is 5.83. The van der Waals surface area contributed by atoms with Crippen LogP contribution in [0.15, 0.2) is 0 Å². The van der Waals surface area contributed by atoms with Gasteiger partial charge in [0.25, 0.3) is 0 Å². The molecule has 0 rings (SSSR count). The van der Waals surface area contributed by atoms with E-state index in [0.717, 1.165) is 38.8 Å². The van der Waals surface area contributed by atoms with Crippen LogP contribution in [-0.4, -0.2) is 30.4 Å². The van der Waals surface area contributed by atoms with E-state index in [1.165, 1.54) is 0 Å². The molecule has 0 aromatic heterocycles. The van der Waals surface area contributed by atoms with E-state index in [9.17, 15) is 4.79 Å². The van der Waals surface area contributed by atoms with Gasteiger partial charge in [-0.2, -0.15) is 0 Å². The van der Waals surface area contributed by atoms with Crippen LogP contribution in [-0.2, 0) is 4.79 Å². The maximum absolute atomic E-state index is 13.1. The van der Waals surface area contributed by atoms with Crippen molar-refractivity contribution in [3.63, 3.8) is 0 Å².